The minimum atomic E-state index is 0.175. The van der Waals surface area contributed by atoms with E-state index in [2.05, 4.69) is 27.0 Å². The fourth-order valence-corrected chi connectivity index (χ4v) is 2.71. The van der Waals surface area contributed by atoms with Crippen molar-refractivity contribution in [3.8, 4) is 11.5 Å². The number of benzene rings is 1. The standard InChI is InChI=1S/C20H32N4O3/c1-4-21-20(24-13-12-22-19(25)16-8-9-16)23-11-5-6-15-7-10-17(26-2)18(14-15)27-3/h7,10,14,16H,4-6,8-9,11-13H2,1-3H3,(H,22,25)(H2,21,23,24). The third-order valence-corrected chi connectivity index (χ3v) is 4.35. The largest absolute Gasteiger partial charge is 0.493 e. The molecule has 1 fully saturated rings. The van der Waals surface area contributed by atoms with Crippen LogP contribution in [0.3, 0.4) is 0 Å². The summed E-state index contributed by atoms with van der Waals surface area (Å²) in [5, 5.41) is 9.43. The molecule has 0 radical (unpaired) electrons. The van der Waals surface area contributed by atoms with Crippen molar-refractivity contribution in [2.75, 3.05) is 40.4 Å². The minimum Gasteiger partial charge on any atom is -0.493 e. The molecule has 150 valence electrons. The van der Waals surface area contributed by atoms with Gasteiger partial charge < -0.3 is 25.4 Å². The van der Waals surface area contributed by atoms with Gasteiger partial charge >= 0.3 is 0 Å². The van der Waals surface area contributed by atoms with Crippen molar-refractivity contribution in [1.29, 1.82) is 0 Å². The predicted molar refractivity (Wildman–Crippen MR) is 108 cm³/mol. The topological polar surface area (TPSA) is 84.0 Å². The molecule has 3 N–H and O–H groups in total. The number of nitrogens with one attached hydrogen (secondary N) is 3. The molecule has 0 bridgehead atoms. The molecule has 1 aromatic carbocycles. The highest BCUT2D eigenvalue weighted by Crippen LogP contribution is 2.28. The first-order valence-electron chi connectivity index (χ1n) is 9.68. The zero-order valence-electron chi connectivity index (χ0n) is 16.6. The zero-order valence-corrected chi connectivity index (χ0v) is 16.6. The maximum atomic E-state index is 11.6. The van der Waals surface area contributed by atoms with Crippen molar-refractivity contribution in [2.45, 2.75) is 32.6 Å². The summed E-state index contributed by atoms with van der Waals surface area (Å²) in [4.78, 5) is 16.2. The third-order valence-electron chi connectivity index (χ3n) is 4.35. The molecular weight excluding hydrogens is 344 g/mol. The Bertz CT molecular complexity index is 630. The second kappa shape index (κ2) is 11.3. The van der Waals surface area contributed by atoms with Gasteiger partial charge in [0.25, 0.3) is 0 Å². The van der Waals surface area contributed by atoms with Crippen LogP contribution >= 0.6 is 0 Å². The van der Waals surface area contributed by atoms with Crippen LogP contribution in [-0.2, 0) is 11.2 Å². The second-order valence-electron chi connectivity index (χ2n) is 6.55. The van der Waals surface area contributed by atoms with Gasteiger partial charge in [0, 0.05) is 32.1 Å². The van der Waals surface area contributed by atoms with Crippen molar-refractivity contribution in [1.82, 2.24) is 16.0 Å². The van der Waals surface area contributed by atoms with Gasteiger partial charge in [-0.05, 0) is 50.3 Å². The first-order valence-corrected chi connectivity index (χ1v) is 9.68. The van der Waals surface area contributed by atoms with Gasteiger partial charge in [-0.15, -0.1) is 0 Å². The Morgan fingerprint density at radius 2 is 1.85 bits per heavy atom. The Morgan fingerprint density at radius 3 is 2.52 bits per heavy atom. The zero-order chi connectivity index (χ0) is 19.5. The number of carbonyl (C=O) groups excluding carboxylic acids is 1. The van der Waals surface area contributed by atoms with E-state index >= 15 is 0 Å². The number of methoxy groups -OCH3 is 2. The normalized spacial score (nSPS) is 13.8. The molecule has 1 aromatic rings. The fourth-order valence-electron chi connectivity index (χ4n) is 2.71. The van der Waals surface area contributed by atoms with Crippen LogP contribution in [-0.4, -0.2) is 52.3 Å². The quantitative estimate of drug-likeness (QED) is 0.311. The Morgan fingerprint density at radius 1 is 1.11 bits per heavy atom. The Hall–Kier alpha value is -2.44. The molecule has 0 saturated heterocycles. The number of carbonyl (C=O) groups is 1. The summed E-state index contributed by atoms with van der Waals surface area (Å²) in [5.74, 6) is 2.70. The van der Waals surface area contributed by atoms with Gasteiger partial charge in [-0.3, -0.25) is 9.79 Å². The highest BCUT2D eigenvalue weighted by molar-refractivity contribution is 5.81. The van der Waals surface area contributed by atoms with E-state index in [1.54, 1.807) is 14.2 Å². The number of aryl methyl sites for hydroxylation is 1. The van der Waals surface area contributed by atoms with E-state index in [-0.39, 0.29) is 11.8 Å². The molecule has 1 amide bonds. The van der Waals surface area contributed by atoms with Crippen molar-refractivity contribution < 1.29 is 14.3 Å². The molecule has 1 aliphatic rings. The summed E-state index contributed by atoms with van der Waals surface area (Å²) in [5.41, 5.74) is 1.20. The number of amides is 1. The van der Waals surface area contributed by atoms with Crippen molar-refractivity contribution >= 4 is 11.9 Å². The maximum absolute atomic E-state index is 11.6. The van der Waals surface area contributed by atoms with Gasteiger partial charge in [0.05, 0.1) is 14.2 Å². The number of hydrogen-bond acceptors (Lipinski definition) is 4. The average Bonchev–Trinajstić information content (AvgIpc) is 3.53. The van der Waals surface area contributed by atoms with Crippen LogP contribution in [0.5, 0.6) is 11.5 Å². The van der Waals surface area contributed by atoms with Crippen LogP contribution < -0.4 is 25.4 Å². The molecule has 0 atom stereocenters. The Balaban J connectivity index is 1.71. The number of nitrogens with zero attached hydrogens (tertiary/aromatic N) is 1. The van der Waals surface area contributed by atoms with Crippen LogP contribution in [0.25, 0.3) is 0 Å². The molecule has 0 heterocycles. The number of hydrogen-bond donors (Lipinski definition) is 3. The van der Waals surface area contributed by atoms with E-state index in [9.17, 15) is 4.79 Å². The molecule has 27 heavy (non-hydrogen) atoms. The molecule has 0 aliphatic heterocycles. The van der Waals surface area contributed by atoms with Crippen LogP contribution in [0.2, 0.25) is 0 Å². The van der Waals surface area contributed by atoms with Crippen LogP contribution in [0.15, 0.2) is 23.2 Å². The van der Waals surface area contributed by atoms with E-state index in [0.29, 0.717) is 13.1 Å². The second-order valence-corrected chi connectivity index (χ2v) is 6.55. The van der Waals surface area contributed by atoms with E-state index in [0.717, 1.165) is 56.2 Å². The van der Waals surface area contributed by atoms with E-state index in [1.165, 1.54) is 5.56 Å². The summed E-state index contributed by atoms with van der Waals surface area (Å²) < 4.78 is 10.6. The van der Waals surface area contributed by atoms with Gasteiger partial charge in [0.15, 0.2) is 17.5 Å². The molecule has 7 nitrogen and oxygen atoms in total. The highest BCUT2D eigenvalue weighted by Gasteiger charge is 2.28. The smallest absolute Gasteiger partial charge is 0.223 e. The van der Waals surface area contributed by atoms with Crippen molar-refractivity contribution in [3.63, 3.8) is 0 Å². The van der Waals surface area contributed by atoms with E-state index in [4.69, 9.17) is 9.47 Å². The molecular formula is C20H32N4O3. The van der Waals surface area contributed by atoms with E-state index < -0.39 is 0 Å². The summed E-state index contributed by atoms with van der Waals surface area (Å²) in [6.45, 7) is 4.84. The van der Waals surface area contributed by atoms with Gasteiger partial charge in [0.2, 0.25) is 5.91 Å². The lowest BCUT2D eigenvalue weighted by atomic mass is 10.1. The third kappa shape index (κ3) is 7.37. The number of rotatable bonds is 11. The SMILES string of the molecule is CCNC(=NCCCc1ccc(OC)c(OC)c1)NCCNC(=O)C1CC1. The molecule has 2 rings (SSSR count). The summed E-state index contributed by atoms with van der Waals surface area (Å²) in [6.07, 6.45) is 3.91. The molecule has 0 aromatic heterocycles. The van der Waals surface area contributed by atoms with Crippen LogP contribution in [0.4, 0.5) is 0 Å². The molecule has 1 saturated carbocycles. The van der Waals surface area contributed by atoms with Crippen LogP contribution in [0.1, 0.15) is 31.7 Å². The van der Waals surface area contributed by atoms with Crippen LogP contribution in [0, 0.1) is 5.92 Å². The van der Waals surface area contributed by atoms with Gasteiger partial charge in [-0.25, -0.2) is 0 Å². The van der Waals surface area contributed by atoms with E-state index in [1.807, 2.05) is 19.1 Å². The number of ether oxygens (including phenoxy) is 2. The summed E-state index contributed by atoms with van der Waals surface area (Å²) in [7, 11) is 3.28. The molecule has 0 unspecified atom stereocenters. The lowest BCUT2D eigenvalue weighted by molar-refractivity contribution is -0.122. The Labute approximate surface area is 161 Å². The maximum Gasteiger partial charge on any atom is 0.223 e. The highest BCUT2D eigenvalue weighted by atomic mass is 16.5. The lowest BCUT2D eigenvalue weighted by Gasteiger charge is -2.12. The van der Waals surface area contributed by atoms with Gasteiger partial charge in [0.1, 0.15) is 0 Å². The van der Waals surface area contributed by atoms with Crippen molar-refractivity contribution in [2.24, 2.45) is 10.9 Å². The van der Waals surface area contributed by atoms with Crippen molar-refractivity contribution in [3.05, 3.63) is 23.8 Å². The average molecular weight is 377 g/mol. The number of aliphatic imine (C=N–C) groups is 1. The minimum absolute atomic E-state index is 0.175. The van der Waals surface area contributed by atoms with Gasteiger partial charge in [-0.1, -0.05) is 6.07 Å². The molecule has 0 spiro atoms. The van der Waals surface area contributed by atoms with Gasteiger partial charge in [-0.2, -0.15) is 0 Å². The Kier molecular flexibility index (Phi) is 8.74. The first kappa shape index (κ1) is 20.9. The first-order chi connectivity index (χ1) is 13.2. The molecule has 1 aliphatic carbocycles. The lowest BCUT2D eigenvalue weighted by Crippen LogP contribution is -2.41. The monoisotopic (exact) mass is 376 g/mol. The molecule has 7 heteroatoms. The fraction of sp³-hybridized carbons (Fsp3) is 0.600. The number of guanidine groups is 1. The summed E-state index contributed by atoms with van der Waals surface area (Å²) in [6, 6.07) is 5.99. The summed E-state index contributed by atoms with van der Waals surface area (Å²) >= 11 is 0. The predicted octanol–water partition coefficient (Wildman–Crippen LogP) is 1.72.